The predicted molar refractivity (Wildman–Crippen MR) is 127 cm³/mol. The highest BCUT2D eigenvalue weighted by Crippen LogP contribution is 2.35. The van der Waals surface area contributed by atoms with E-state index in [9.17, 15) is 18.0 Å². The summed E-state index contributed by atoms with van der Waals surface area (Å²) in [6, 6.07) is 8.67. The van der Waals surface area contributed by atoms with Gasteiger partial charge in [0.1, 0.15) is 11.6 Å². The van der Waals surface area contributed by atoms with Gasteiger partial charge in [-0.15, -0.1) is 13.2 Å². The summed E-state index contributed by atoms with van der Waals surface area (Å²) in [6.45, 7) is 2.44. The average Bonchev–Trinajstić information content (AvgIpc) is 3.57. The fourth-order valence-electron chi connectivity index (χ4n) is 4.57. The molecule has 3 aromatic rings. The lowest BCUT2D eigenvalue weighted by Crippen LogP contribution is -2.23. The second kappa shape index (κ2) is 10.2. The Morgan fingerprint density at radius 2 is 1.86 bits per heavy atom. The summed E-state index contributed by atoms with van der Waals surface area (Å²) < 4.78 is 48.9. The Hall–Kier alpha value is -3.60. The van der Waals surface area contributed by atoms with Gasteiger partial charge in [0.05, 0.1) is 11.3 Å². The minimum absolute atomic E-state index is 0.176. The number of halogens is 3. The van der Waals surface area contributed by atoms with Crippen molar-refractivity contribution < 1.29 is 27.4 Å². The summed E-state index contributed by atoms with van der Waals surface area (Å²) in [5, 5.41) is 7.22. The maximum atomic E-state index is 13.0. The molecule has 2 saturated heterocycles. The molecule has 2 aliphatic rings. The molecule has 0 saturated carbocycles. The standard InChI is InChI=1S/C25H26F3N5O3/c26-25(27,28)36-19-8-6-18(7-9-19)31-24(34)17-15-20(23(29-16-17)32-12-2-3-13-32)21-10-11-30-33(21)22-5-1-4-14-35-22/h6-11,15-16,22H,1-5,12-14H2,(H,31,34). The lowest BCUT2D eigenvalue weighted by Gasteiger charge is -2.26. The van der Waals surface area contributed by atoms with Crippen LogP contribution in [0.15, 0.2) is 48.8 Å². The van der Waals surface area contributed by atoms with Gasteiger partial charge in [-0.2, -0.15) is 5.10 Å². The van der Waals surface area contributed by atoms with Crippen LogP contribution in [0.1, 0.15) is 48.7 Å². The van der Waals surface area contributed by atoms with E-state index in [2.05, 4.69) is 25.0 Å². The van der Waals surface area contributed by atoms with Crippen LogP contribution in [-0.2, 0) is 4.74 Å². The zero-order valence-corrected chi connectivity index (χ0v) is 19.5. The van der Waals surface area contributed by atoms with E-state index in [0.717, 1.165) is 74.4 Å². The van der Waals surface area contributed by atoms with Gasteiger partial charge in [0, 0.05) is 43.3 Å². The summed E-state index contributed by atoms with van der Waals surface area (Å²) >= 11 is 0. The number of aromatic nitrogens is 3. The molecule has 2 aliphatic heterocycles. The summed E-state index contributed by atoms with van der Waals surface area (Å²) in [4.78, 5) is 19.9. The molecule has 36 heavy (non-hydrogen) atoms. The lowest BCUT2D eigenvalue weighted by molar-refractivity contribution is -0.274. The molecule has 0 aliphatic carbocycles. The second-order valence-corrected chi connectivity index (χ2v) is 8.80. The highest BCUT2D eigenvalue weighted by Gasteiger charge is 2.31. The number of carbonyl (C=O) groups excluding carboxylic acids is 1. The number of pyridine rings is 1. The Morgan fingerprint density at radius 3 is 2.56 bits per heavy atom. The van der Waals surface area contributed by atoms with E-state index in [4.69, 9.17) is 4.74 Å². The molecule has 190 valence electrons. The van der Waals surface area contributed by atoms with E-state index >= 15 is 0 Å². The molecule has 4 heterocycles. The number of carbonyl (C=O) groups is 1. The van der Waals surface area contributed by atoms with Crippen LogP contribution in [0.2, 0.25) is 0 Å². The number of hydrogen-bond donors (Lipinski definition) is 1. The molecule has 8 nitrogen and oxygen atoms in total. The number of alkyl halides is 3. The molecule has 1 amide bonds. The number of nitrogens with one attached hydrogen (secondary N) is 1. The first kappa shape index (κ1) is 24.1. The maximum Gasteiger partial charge on any atom is 0.573 e. The van der Waals surface area contributed by atoms with Crippen LogP contribution in [0.3, 0.4) is 0 Å². The topological polar surface area (TPSA) is 81.5 Å². The normalized spacial score (nSPS) is 18.3. The largest absolute Gasteiger partial charge is 0.573 e. The molecular weight excluding hydrogens is 475 g/mol. The van der Waals surface area contributed by atoms with Crippen molar-refractivity contribution >= 4 is 17.4 Å². The van der Waals surface area contributed by atoms with Gasteiger partial charge in [0.25, 0.3) is 5.91 Å². The van der Waals surface area contributed by atoms with Crippen LogP contribution in [0, 0.1) is 0 Å². The zero-order chi connectivity index (χ0) is 25.1. The Labute approximate surface area is 206 Å². The highest BCUT2D eigenvalue weighted by atomic mass is 19.4. The molecule has 2 aromatic heterocycles. The van der Waals surface area contributed by atoms with Crippen molar-refractivity contribution in [1.29, 1.82) is 0 Å². The molecule has 1 unspecified atom stereocenters. The van der Waals surface area contributed by atoms with E-state index in [1.54, 1.807) is 12.3 Å². The summed E-state index contributed by atoms with van der Waals surface area (Å²) in [5.74, 6) is -0.00549. The SMILES string of the molecule is O=C(Nc1ccc(OC(F)(F)F)cc1)c1cnc(N2CCCC2)c(-c2ccnn2C2CCCCO2)c1. The quantitative estimate of drug-likeness (QED) is 0.488. The monoisotopic (exact) mass is 501 g/mol. The van der Waals surface area contributed by atoms with Gasteiger partial charge in [-0.05, 0) is 68.5 Å². The predicted octanol–water partition coefficient (Wildman–Crippen LogP) is 5.40. The number of anilines is 2. The van der Waals surface area contributed by atoms with E-state index in [1.165, 1.54) is 18.3 Å². The first-order chi connectivity index (χ1) is 17.4. The highest BCUT2D eigenvalue weighted by molar-refractivity contribution is 6.05. The Kier molecular flexibility index (Phi) is 6.82. The number of amides is 1. The molecule has 1 aromatic carbocycles. The second-order valence-electron chi connectivity index (χ2n) is 8.80. The fourth-order valence-corrected chi connectivity index (χ4v) is 4.57. The minimum Gasteiger partial charge on any atom is -0.406 e. The molecule has 0 radical (unpaired) electrons. The summed E-state index contributed by atoms with van der Waals surface area (Å²) in [7, 11) is 0. The third-order valence-electron chi connectivity index (χ3n) is 6.25. The average molecular weight is 502 g/mol. The molecule has 0 spiro atoms. The maximum absolute atomic E-state index is 13.0. The minimum atomic E-state index is -4.78. The van der Waals surface area contributed by atoms with E-state index in [0.29, 0.717) is 17.9 Å². The molecular formula is C25H26F3N5O3. The smallest absolute Gasteiger partial charge is 0.406 e. The van der Waals surface area contributed by atoms with Crippen LogP contribution in [-0.4, -0.2) is 46.7 Å². The van der Waals surface area contributed by atoms with Crippen molar-refractivity contribution in [2.24, 2.45) is 0 Å². The molecule has 1 N–H and O–H groups in total. The van der Waals surface area contributed by atoms with Crippen molar-refractivity contribution in [2.75, 3.05) is 29.9 Å². The fraction of sp³-hybridized carbons (Fsp3) is 0.400. The van der Waals surface area contributed by atoms with E-state index in [1.807, 2.05) is 10.7 Å². The first-order valence-corrected chi connectivity index (χ1v) is 11.9. The van der Waals surface area contributed by atoms with E-state index < -0.39 is 12.3 Å². The van der Waals surface area contributed by atoms with Gasteiger partial charge in [-0.3, -0.25) is 4.79 Å². The lowest BCUT2D eigenvalue weighted by atomic mass is 10.1. The van der Waals surface area contributed by atoms with E-state index in [-0.39, 0.29) is 12.0 Å². The van der Waals surface area contributed by atoms with Crippen molar-refractivity contribution in [1.82, 2.24) is 14.8 Å². The van der Waals surface area contributed by atoms with Crippen LogP contribution in [0.4, 0.5) is 24.7 Å². The van der Waals surface area contributed by atoms with Gasteiger partial charge in [0.2, 0.25) is 0 Å². The van der Waals surface area contributed by atoms with Gasteiger partial charge in [-0.25, -0.2) is 9.67 Å². The summed E-state index contributed by atoms with van der Waals surface area (Å²) in [5.41, 5.74) is 2.26. The van der Waals surface area contributed by atoms with Crippen LogP contribution in [0.25, 0.3) is 11.3 Å². The van der Waals surface area contributed by atoms with Crippen LogP contribution in [0.5, 0.6) is 5.75 Å². The number of benzene rings is 1. The molecule has 0 bridgehead atoms. The number of hydrogen-bond acceptors (Lipinski definition) is 6. The number of nitrogens with zero attached hydrogens (tertiary/aromatic N) is 4. The Bertz CT molecular complexity index is 1200. The van der Waals surface area contributed by atoms with Gasteiger partial charge in [0.15, 0.2) is 6.23 Å². The van der Waals surface area contributed by atoms with Crippen molar-refractivity contribution in [2.45, 2.75) is 44.7 Å². The van der Waals surface area contributed by atoms with Crippen molar-refractivity contribution in [3.63, 3.8) is 0 Å². The number of ether oxygens (including phenoxy) is 2. The Balaban J connectivity index is 1.42. The Morgan fingerprint density at radius 1 is 1.08 bits per heavy atom. The molecule has 1 atom stereocenters. The molecule has 5 rings (SSSR count). The van der Waals surface area contributed by atoms with Gasteiger partial charge >= 0.3 is 6.36 Å². The van der Waals surface area contributed by atoms with Crippen LogP contribution >= 0.6 is 0 Å². The summed E-state index contributed by atoms with van der Waals surface area (Å²) in [6.07, 6.45) is 3.36. The van der Waals surface area contributed by atoms with Gasteiger partial charge < -0.3 is 19.7 Å². The van der Waals surface area contributed by atoms with Crippen molar-refractivity contribution in [3.05, 3.63) is 54.4 Å². The first-order valence-electron chi connectivity index (χ1n) is 11.9. The number of rotatable bonds is 6. The van der Waals surface area contributed by atoms with Crippen molar-refractivity contribution in [3.8, 4) is 17.0 Å². The third-order valence-corrected chi connectivity index (χ3v) is 6.25. The van der Waals surface area contributed by atoms with Crippen LogP contribution < -0.4 is 15.0 Å². The van der Waals surface area contributed by atoms with Gasteiger partial charge in [-0.1, -0.05) is 0 Å². The zero-order valence-electron chi connectivity index (χ0n) is 19.5. The molecule has 11 heteroatoms. The third kappa shape index (κ3) is 5.46. The molecule has 2 fully saturated rings.